The number of amides is 1. The van der Waals surface area contributed by atoms with Crippen molar-refractivity contribution in [3.8, 4) is 0 Å². The smallest absolute Gasteiger partial charge is 0.382 e. The predicted molar refractivity (Wildman–Crippen MR) is 57.4 cm³/mol. The largest absolute Gasteiger partial charge is 0.416 e. The molecule has 0 rings (SSSR count). The van der Waals surface area contributed by atoms with Crippen LogP contribution >= 0.6 is 0 Å². The van der Waals surface area contributed by atoms with Crippen molar-refractivity contribution in [2.24, 2.45) is 0 Å². The van der Waals surface area contributed by atoms with Gasteiger partial charge in [-0.3, -0.25) is 4.79 Å². The van der Waals surface area contributed by atoms with E-state index in [9.17, 15) is 18.0 Å². The Labute approximate surface area is 98.6 Å². The maximum Gasteiger partial charge on any atom is 0.416 e. The summed E-state index contributed by atoms with van der Waals surface area (Å²) < 4.78 is 35.7. The van der Waals surface area contributed by atoms with Gasteiger partial charge in [-0.2, -0.15) is 13.2 Å². The van der Waals surface area contributed by atoms with E-state index in [0.717, 1.165) is 0 Å². The summed E-state index contributed by atoms with van der Waals surface area (Å²) in [5.41, 5.74) is -0.147. The van der Waals surface area contributed by atoms with Crippen LogP contribution in [0.1, 0.15) is 27.2 Å². The van der Waals surface area contributed by atoms with Gasteiger partial charge < -0.3 is 15.7 Å². The van der Waals surface area contributed by atoms with Crippen LogP contribution in [0.4, 0.5) is 13.2 Å². The van der Waals surface area contributed by atoms with Crippen LogP contribution in [0.2, 0.25) is 0 Å². The molecular weight excluding hydrogens is 237 g/mol. The fourth-order valence-corrected chi connectivity index (χ4v) is 0.966. The number of aliphatic hydroxyl groups is 1. The molecule has 0 aliphatic rings. The van der Waals surface area contributed by atoms with E-state index in [4.69, 9.17) is 5.11 Å². The average molecular weight is 256 g/mol. The van der Waals surface area contributed by atoms with Crippen LogP contribution in [0.25, 0.3) is 0 Å². The molecule has 7 heteroatoms. The number of carbonyl (C=O) groups excluding carboxylic acids is 1. The van der Waals surface area contributed by atoms with Crippen LogP contribution in [0.15, 0.2) is 0 Å². The molecule has 4 nitrogen and oxygen atoms in total. The summed E-state index contributed by atoms with van der Waals surface area (Å²) in [4.78, 5) is 11.1. The van der Waals surface area contributed by atoms with Crippen molar-refractivity contribution >= 4 is 5.91 Å². The number of carbonyl (C=O) groups is 1. The van der Waals surface area contributed by atoms with E-state index in [2.05, 4.69) is 5.32 Å². The molecule has 1 unspecified atom stereocenters. The minimum atomic E-state index is -4.70. The molecule has 0 saturated heterocycles. The maximum atomic E-state index is 11.9. The molecule has 0 aromatic carbocycles. The lowest BCUT2D eigenvalue weighted by atomic mass is 10.1. The number of aliphatic hydroxyl groups excluding tert-OH is 1. The molecule has 0 aliphatic carbocycles. The Kier molecular flexibility index (Phi) is 5.91. The van der Waals surface area contributed by atoms with Crippen molar-refractivity contribution in [1.29, 1.82) is 0 Å². The third-order valence-electron chi connectivity index (χ3n) is 1.88. The summed E-state index contributed by atoms with van der Waals surface area (Å²) in [6, 6.07) is 0. The third-order valence-corrected chi connectivity index (χ3v) is 1.88. The highest BCUT2D eigenvalue weighted by molar-refractivity contribution is 5.76. The van der Waals surface area contributed by atoms with Gasteiger partial charge >= 0.3 is 6.18 Å². The molecule has 0 bridgehead atoms. The Balaban J connectivity index is 3.75. The van der Waals surface area contributed by atoms with E-state index >= 15 is 0 Å². The summed E-state index contributed by atoms with van der Waals surface area (Å²) >= 11 is 0. The van der Waals surface area contributed by atoms with Gasteiger partial charge in [0.15, 0.2) is 6.10 Å². The summed E-state index contributed by atoms with van der Waals surface area (Å²) in [6.45, 7) is 5.31. The standard InChI is InChI=1S/C10H19F3N2O2/c1-9(2,3)15-5-4-8(17)14-6-7(16)10(11,12)13/h7,15-16H,4-6H2,1-3H3,(H,14,17). The van der Waals surface area contributed by atoms with Gasteiger partial charge in [0, 0.05) is 18.5 Å². The Morgan fingerprint density at radius 2 is 1.82 bits per heavy atom. The van der Waals surface area contributed by atoms with Gasteiger partial charge in [-0.15, -0.1) is 0 Å². The number of hydrogen-bond donors (Lipinski definition) is 3. The Morgan fingerprint density at radius 1 is 1.29 bits per heavy atom. The monoisotopic (exact) mass is 256 g/mol. The van der Waals surface area contributed by atoms with Crippen LogP contribution < -0.4 is 10.6 Å². The highest BCUT2D eigenvalue weighted by Crippen LogP contribution is 2.19. The van der Waals surface area contributed by atoms with Crippen molar-refractivity contribution in [1.82, 2.24) is 10.6 Å². The van der Waals surface area contributed by atoms with E-state index < -0.39 is 24.7 Å². The average Bonchev–Trinajstić information content (AvgIpc) is 2.10. The molecular formula is C10H19F3N2O2. The zero-order chi connectivity index (χ0) is 13.7. The predicted octanol–water partition coefficient (Wildman–Crippen LogP) is 0.804. The molecule has 0 aliphatic heterocycles. The summed E-state index contributed by atoms with van der Waals surface area (Å²) in [7, 11) is 0. The summed E-state index contributed by atoms with van der Waals surface area (Å²) in [5, 5.41) is 13.7. The number of rotatable bonds is 5. The van der Waals surface area contributed by atoms with Crippen LogP contribution in [0.5, 0.6) is 0 Å². The number of nitrogens with one attached hydrogen (secondary N) is 2. The van der Waals surface area contributed by atoms with Gasteiger partial charge in [0.05, 0.1) is 6.54 Å². The normalized spacial score (nSPS) is 14.5. The fraction of sp³-hybridized carbons (Fsp3) is 0.900. The lowest BCUT2D eigenvalue weighted by Gasteiger charge is -2.20. The van der Waals surface area contributed by atoms with E-state index in [0.29, 0.717) is 6.54 Å². The number of alkyl halides is 3. The van der Waals surface area contributed by atoms with Crippen molar-refractivity contribution in [2.75, 3.05) is 13.1 Å². The minimum absolute atomic E-state index is 0.0713. The van der Waals surface area contributed by atoms with Crippen molar-refractivity contribution < 1.29 is 23.1 Å². The molecule has 102 valence electrons. The van der Waals surface area contributed by atoms with Gasteiger partial charge in [-0.1, -0.05) is 0 Å². The summed E-state index contributed by atoms with van der Waals surface area (Å²) in [5.74, 6) is -0.523. The minimum Gasteiger partial charge on any atom is -0.382 e. The summed E-state index contributed by atoms with van der Waals surface area (Å²) in [6.07, 6.45) is -7.14. The van der Waals surface area contributed by atoms with Gasteiger partial charge in [0.1, 0.15) is 0 Å². The molecule has 1 atom stereocenters. The van der Waals surface area contributed by atoms with Crippen LogP contribution in [-0.4, -0.2) is 41.9 Å². The van der Waals surface area contributed by atoms with Crippen molar-refractivity contribution in [3.05, 3.63) is 0 Å². The van der Waals surface area contributed by atoms with Gasteiger partial charge in [0.2, 0.25) is 5.91 Å². The highest BCUT2D eigenvalue weighted by atomic mass is 19.4. The number of halogens is 3. The Morgan fingerprint density at radius 3 is 2.24 bits per heavy atom. The molecule has 3 N–H and O–H groups in total. The fourth-order valence-electron chi connectivity index (χ4n) is 0.966. The first kappa shape index (κ1) is 16.2. The van der Waals surface area contributed by atoms with Crippen LogP contribution in [-0.2, 0) is 4.79 Å². The van der Waals surface area contributed by atoms with Gasteiger partial charge in [-0.25, -0.2) is 0 Å². The Hall–Kier alpha value is -0.820. The molecule has 0 spiro atoms. The Bertz CT molecular complexity index is 249. The molecule has 0 radical (unpaired) electrons. The lowest BCUT2D eigenvalue weighted by Crippen LogP contribution is -2.42. The molecule has 17 heavy (non-hydrogen) atoms. The second-order valence-electron chi connectivity index (χ2n) is 4.79. The third kappa shape index (κ3) is 8.93. The molecule has 1 amide bonds. The van der Waals surface area contributed by atoms with E-state index in [1.54, 1.807) is 0 Å². The van der Waals surface area contributed by atoms with Crippen LogP contribution in [0, 0.1) is 0 Å². The first-order chi connectivity index (χ1) is 7.52. The first-order valence-corrected chi connectivity index (χ1v) is 5.29. The van der Waals surface area contributed by atoms with Gasteiger partial charge in [-0.05, 0) is 20.8 Å². The second-order valence-corrected chi connectivity index (χ2v) is 4.79. The van der Waals surface area contributed by atoms with E-state index in [1.165, 1.54) is 0 Å². The van der Waals surface area contributed by atoms with Crippen LogP contribution in [0.3, 0.4) is 0 Å². The van der Waals surface area contributed by atoms with E-state index in [-0.39, 0.29) is 12.0 Å². The second kappa shape index (κ2) is 6.20. The maximum absolute atomic E-state index is 11.9. The zero-order valence-corrected chi connectivity index (χ0v) is 10.2. The first-order valence-electron chi connectivity index (χ1n) is 5.29. The quantitative estimate of drug-likeness (QED) is 0.682. The molecule has 0 aromatic heterocycles. The molecule has 0 heterocycles. The van der Waals surface area contributed by atoms with Gasteiger partial charge in [0.25, 0.3) is 0 Å². The van der Waals surface area contributed by atoms with Crippen molar-refractivity contribution in [3.63, 3.8) is 0 Å². The molecule has 0 saturated carbocycles. The van der Waals surface area contributed by atoms with Crippen molar-refractivity contribution in [2.45, 2.75) is 45.0 Å². The highest BCUT2D eigenvalue weighted by Gasteiger charge is 2.38. The molecule has 0 aromatic rings. The SMILES string of the molecule is CC(C)(C)NCCC(=O)NCC(O)C(F)(F)F. The topological polar surface area (TPSA) is 61.4 Å². The number of hydrogen-bond acceptors (Lipinski definition) is 3. The lowest BCUT2D eigenvalue weighted by molar-refractivity contribution is -0.201. The zero-order valence-electron chi connectivity index (χ0n) is 10.2. The molecule has 0 fully saturated rings. The van der Waals surface area contributed by atoms with E-state index in [1.807, 2.05) is 26.1 Å².